The van der Waals surface area contributed by atoms with Crippen LogP contribution in [0.25, 0.3) is 10.8 Å². The summed E-state index contributed by atoms with van der Waals surface area (Å²) in [6.45, 7) is 0.599. The SMILES string of the molecule is O=C1NC(=O)[C@](Cn2cc3ccc(OCC4CC4)cc3c2O)(c2ccc(F)cc2)N1. The fourth-order valence-electron chi connectivity index (χ4n) is 3.82. The van der Waals surface area contributed by atoms with Crippen LogP contribution in [0.15, 0.2) is 48.7 Å². The minimum Gasteiger partial charge on any atom is -0.494 e. The minimum atomic E-state index is -1.47. The van der Waals surface area contributed by atoms with Gasteiger partial charge in [-0.15, -0.1) is 0 Å². The summed E-state index contributed by atoms with van der Waals surface area (Å²) >= 11 is 0. The second-order valence-electron chi connectivity index (χ2n) is 7.90. The molecule has 7 nitrogen and oxygen atoms in total. The van der Waals surface area contributed by atoms with E-state index < -0.39 is 23.3 Å². The molecule has 1 saturated heterocycles. The van der Waals surface area contributed by atoms with E-state index in [1.54, 1.807) is 12.3 Å². The monoisotopic (exact) mass is 409 g/mol. The first-order valence-electron chi connectivity index (χ1n) is 9.79. The van der Waals surface area contributed by atoms with Gasteiger partial charge in [0.2, 0.25) is 0 Å². The van der Waals surface area contributed by atoms with Crippen molar-refractivity contribution in [2.75, 3.05) is 6.61 Å². The summed E-state index contributed by atoms with van der Waals surface area (Å²) in [7, 11) is 0. The van der Waals surface area contributed by atoms with E-state index in [4.69, 9.17) is 4.74 Å². The molecule has 3 amide bonds. The molecule has 2 aromatic carbocycles. The second kappa shape index (κ2) is 6.76. The first kappa shape index (κ1) is 18.5. The zero-order valence-electron chi connectivity index (χ0n) is 16.0. The van der Waals surface area contributed by atoms with Gasteiger partial charge in [0.1, 0.15) is 11.6 Å². The van der Waals surface area contributed by atoms with E-state index in [1.807, 2.05) is 12.1 Å². The van der Waals surface area contributed by atoms with Gasteiger partial charge in [0.15, 0.2) is 11.4 Å². The van der Waals surface area contributed by atoms with Crippen LogP contribution in [-0.4, -0.2) is 28.2 Å². The van der Waals surface area contributed by atoms with Crippen molar-refractivity contribution in [3.05, 3.63) is 60.0 Å². The lowest BCUT2D eigenvalue weighted by Crippen LogP contribution is -2.47. The van der Waals surface area contributed by atoms with E-state index in [1.165, 1.54) is 41.7 Å². The molecule has 0 spiro atoms. The number of rotatable bonds is 6. The largest absolute Gasteiger partial charge is 0.494 e. The average molecular weight is 409 g/mol. The molecule has 2 heterocycles. The first-order chi connectivity index (χ1) is 14.4. The van der Waals surface area contributed by atoms with Crippen LogP contribution in [0.4, 0.5) is 9.18 Å². The molecule has 5 rings (SSSR count). The molecule has 2 aliphatic rings. The highest BCUT2D eigenvalue weighted by Crippen LogP contribution is 2.36. The number of aromatic hydroxyl groups is 1. The molecule has 8 heteroatoms. The Bertz CT molecular complexity index is 1150. The third kappa shape index (κ3) is 3.14. The summed E-state index contributed by atoms with van der Waals surface area (Å²) in [5.41, 5.74) is -1.05. The smallest absolute Gasteiger partial charge is 0.322 e. The lowest BCUT2D eigenvalue weighted by Gasteiger charge is -2.27. The number of imide groups is 1. The van der Waals surface area contributed by atoms with Crippen LogP contribution in [0.1, 0.15) is 18.4 Å². The quantitative estimate of drug-likeness (QED) is 0.546. The molecule has 0 unspecified atom stereocenters. The molecule has 1 aliphatic heterocycles. The summed E-state index contributed by atoms with van der Waals surface area (Å²) in [4.78, 5) is 24.7. The molecule has 3 aromatic rings. The van der Waals surface area contributed by atoms with Gasteiger partial charge in [-0.1, -0.05) is 12.1 Å². The number of hydrogen-bond donors (Lipinski definition) is 3. The minimum absolute atomic E-state index is 0.0442. The van der Waals surface area contributed by atoms with Gasteiger partial charge in [-0.05, 0) is 54.7 Å². The van der Waals surface area contributed by atoms with Crippen LogP contribution >= 0.6 is 0 Å². The number of halogens is 1. The molecule has 1 saturated carbocycles. The van der Waals surface area contributed by atoms with Gasteiger partial charge in [0.05, 0.1) is 13.2 Å². The highest BCUT2D eigenvalue weighted by molar-refractivity contribution is 6.07. The van der Waals surface area contributed by atoms with Crippen molar-refractivity contribution < 1.29 is 23.8 Å². The van der Waals surface area contributed by atoms with Gasteiger partial charge in [-0.2, -0.15) is 0 Å². The Morgan fingerprint density at radius 1 is 1.17 bits per heavy atom. The van der Waals surface area contributed by atoms with E-state index in [0.717, 1.165) is 5.39 Å². The number of urea groups is 1. The van der Waals surface area contributed by atoms with Gasteiger partial charge in [0, 0.05) is 17.0 Å². The molecule has 30 heavy (non-hydrogen) atoms. The van der Waals surface area contributed by atoms with Crippen LogP contribution in [0.2, 0.25) is 0 Å². The van der Waals surface area contributed by atoms with Crippen molar-refractivity contribution in [1.82, 2.24) is 15.2 Å². The van der Waals surface area contributed by atoms with Gasteiger partial charge in [-0.25, -0.2) is 9.18 Å². The third-order valence-electron chi connectivity index (χ3n) is 5.70. The predicted octanol–water partition coefficient (Wildman–Crippen LogP) is 3.01. The summed E-state index contributed by atoms with van der Waals surface area (Å²) in [5.74, 6) is 0.218. The number of amides is 3. The van der Waals surface area contributed by atoms with Crippen molar-refractivity contribution in [2.24, 2.45) is 5.92 Å². The van der Waals surface area contributed by atoms with Gasteiger partial charge >= 0.3 is 6.03 Å². The molecule has 2 fully saturated rings. The first-order valence-corrected chi connectivity index (χ1v) is 9.79. The van der Waals surface area contributed by atoms with Crippen molar-refractivity contribution in [3.8, 4) is 11.6 Å². The maximum Gasteiger partial charge on any atom is 0.322 e. The number of fused-ring (bicyclic) bond motifs is 1. The Morgan fingerprint density at radius 3 is 2.60 bits per heavy atom. The Balaban J connectivity index is 1.51. The van der Waals surface area contributed by atoms with E-state index in [0.29, 0.717) is 29.2 Å². The number of benzene rings is 2. The predicted molar refractivity (Wildman–Crippen MR) is 107 cm³/mol. The zero-order valence-corrected chi connectivity index (χ0v) is 16.0. The number of aromatic nitrogens is 1. The van der Waals surface area contributed by atoms with Crippen LogP contribution in [-0.2, 0) is 16.9 Å². The maximum absolute atomic E-state index is 13.4. The number of nitrogens with zero attached hydrogens (tertiary/aromatic N) is 1. The molecule has 0 bridgehead atoms. The average Bonchev–Trinajstić information content (AvgIpc) is 3.45. The number of carbonyl (C=O) groups excluding carboxylic acids is 2. The molecule has 0 radical (unpaired) electrons. The van der Waals surface area contributed by atoms with E-state index in [9.17, 15) is 19.1 Å². The van der Waals surface area contributed by atoms with Crippen LogP contribution < -0.4 is 15.4 Å². The van der Waals surface area contributed by atoms with Crippen LogP contribution in [0.3, 0.4) is 0 Å². The molecule has 154 valence electrons. The molecular weight excluding hydrogens is 389 g/mol. The molecule has 1 aromatic heterocycles. The highest BCUT2D eigenvalue weighted by Gasteiger charge is 2.48. The molecule has 1 aliphatic carbocycles. The molecule has 1 atom stereocenters. The summed E-state index contributed by atoms with van der Waals surface area (Å²) < 4.78 is 20.7. The Morgan fingerprint density at radius 2 is 1.93 bits per heavy atom. The fraction of sp³-hybridized carbons (Fsp3) is 0.273. The van der Waals surface area contributed by atoms with Crippen molar-refractivity contribution >= 4 is 22.7 Å². The van der Waals surface area contributed by atoms with Gasteiger partial charge < -0.3 is 19.7 Å². The number of ether oxygens (including phenoxy) is 1. The van der Waals surface area contributed by atoms with Crippen molar-refractivity contribution in [3.63, 3.8) is 0 Å². The third-order valence-corrected chi connectivity index (χ3v) is 5.70. The highest BCUT2D eigenvalue weighted by atomic mass is 19.1. The van der Waals surface area contributed by atoms with Crippen LogP contribution in [0.5, 0.6) is 11.6 Å². The lowest BCUT2D eigenvalue weighted by atomic mass is 9.89. The van der Waals surface area contributed by atoms with E-state index >= 15 is 0 Å². The summed E-state index contributed by atoms with van der Waals surface area (Å²) in [6.07, 6.45) is 4.07. The van der Waals surface area contributed by atoms with E-state index in [2.05, 4.69) is 10.6 Å². The Hall–Kier alpha value is -3.55. The standard InChI is InChI=1S/C22H20FN3O4/c23-16-6-4-15(5-7-16)22(20(28)24-21(29)25-22)12-26-10-14-3-8-17(9-18(14)19(26)27)30-11-13-1-2-13/h3-10,13,27H,1-2,11-12H2,(H2,24,25,28,29)/t22-/m0/s1. The molecular formula is C22H20FN3O4. The lowest BCUT2D eigenvalue weighted by molar-refractivity contribution is -0.124. The molecule has 3 N–H and O–H groups in total. The van der Waals surface area contributed by atoms with Crippen molar-refractivity contribution in [1.29, 1.82) is 0 Å². The fourth-order valence-corrected chi connectivity index (χ4v) is 3.82. The normalized spacial score (nSPS) is 21.0. The summed E-state index contributed by atoms with van der Waals surface area (Å²) in [5, 5.41) is 17.1. The Labute approximate surface area is 171 Å². The topological polar surface area (TPSA) is 92.6 Å². The van der Waals surface area contributed by atoms with Gasteiger partial charge in [0.25, 0.3) is 5.91 Å². The van der Waals surface area contributed by atoms with Gasteiger partial charge in [-0.3, -0.25) is 10.1 Å². The second-order valence-corrected chi connectivity index (χ2v) is 7.90. The number of nitrogens with one attached hydrogen (secondary N) is 2. The number of hydrogen-bond acceptors (Lipinski definition) is 4. The summed E-state index contributed by atoms with van der Waals surface area (Å²) in [6, 6.07) is 10.2. The number of carbonyl (C=O) groups is 2. The maximum atomic E-state index is 13.4. The van der Waals surface area contributed by atoms with Crippen molar-refractivity contribution in [2.45, 2.75) is 24.9 Å². The Kier molecular flexibility index (Phi) is 4.16. The zero-order chi connectivity index (χ0) is 20.9. The van der Waals surface area contributed by atoms with E-state index in [-0.39, 0.29) is 12.4 Å². The van der Waals surface area contributed by atoms with Crippen LogP contribution in [0, 0.1) is 11.7 Å².